The van der Waals surface area contributed by atoms with Crippen LogP contribution in [-0.4, -0.2) is 29.3 Å². The van der Waals surface area contributed by atoms with Gasteiger partial charge in [0.05, 0.1) is 23.1 Å². The van der Waals surface area contributed by atoms with Gasteiger partial charge in [-0.2, -0.15) is 0 Å². The largest absolute Gasteiger partial charge is 0.490 e. The summed E-state index contributed by atoms with van der Waals surface area (Å²) in [6.07, 6.45) is 3.19. The molecule has 0 N–H and O–H groups in total. The van der Waals surface area contributed by atoms with Crippen molar-refractivity contribution in [1.29, 1.82) is 0 Å². The molecule has 0 unspecified atom stereocenters. The zero-order valence-corrected chi connectivity index (χ0v) is 19.6. The van der Waals surface area contributed by atoms with Crippen LogP contribution in [0.4, 0.5) is 4.79 Å². The van der Waals surface area contributed by atoms with Crippen molar-refractivity contribution in [1.82, 2.24) is 4.90 Å². The number of imide groups is 1. The predicted octanol–water partition coefficient (Wildman–Crippen LogP) is 6.85. The first-order chi connectivity index (χ1) is 14.8. The minimum absolute atomic E-state index is 0.0141. The first-order valence-corrected chi connectivity index (χ1v) is 11.2. The summed E-state index contributed by atoms with van der Waals surface area (Å²) >= 11 is 19.6. The van der Waals surface area contributed by atoms with Crippen LogP contribution in [0.25, 0.3) is 6.08 Å². The fourth-order valence-electron chi connectivity index (χ4n) is 2.85. The number of hydrogen-bond donors (Lipinski definition) is 0. The van der Waals surface area contributed by atoms with Gasteiger partial charge in [-0.05, 0) is 54.6 Å². The summed E-state index contributed by atoms with van der Waals surface area (Å²) in [4.78, 5) is 26.7. The minimum atomic E-state index is -0.438. The second kappa shape index (κ2) is 10.5. The zero-order valence-electron chi connectivity index (χ0n) is 16.5. The van der Waals surface area contributed by atoms with E-state index in [4.69, 9.17) is 44.3 Å². The van der Waals surface area contributed by atoms with Crippen LogP contribution in [0.1, 0.15) is 18.1 Å². The molecule has 9 heteroatoms. The number of hydrogen-bond acceptors (Lipinski definition) is 5. The maximum absolute atomic E-state index is 12.9. The Morgan fingerprint density at radius 3 is 2.45 bits per heavy atom. The van der Waals surface area contributed by atoms with E-state index in [2.05, 4.69) is 6.58 Å². The molecule has 1 aliphatic rings. The van der Waals surface area contributed by atoms with Crippen molar-refractivity contribution in [3.8, 4) is 11.5 Å². The number of ether oxygens (including phenoxy) is 2. The van der Waals surface area contributed by atoms with Gasteiger partial charge in [-0.1, -0.05) is 53.5 Å². The number of rotatable bonds is 8. The van der Waals surface area contributed by atoms with E-state index in [0.717, 1.165) is 16.7 Å². The number of thioether (sulfide) groups is 1. The third kappa shape index (κ3) is 5.39. The molecule has 5 nitrogen and oxygen atoms in total. The lowest BCUT2D eigenvalue weighted by Gasteiger charge is -2.15. The molecule has 162 valence electrons. The first kappa shape index (κ1) is 23.5. The average molecular weight is 499 g/mol. The Morgan fingerprint density at radius 1 is 1.10 bits per heavy atom. The molecule has 0 spiro atoms. The highest BCUT2D eigenvalue weighted by molar-refractivity contribution is 8.18. The third-order valence-electron chi connectivity index (χ3n) is 4.23. The second-order valence-corrected chi connectivity index (χ2v) is 8.55. The highest BCUT2D eigenvalue weighted by atomic mass is 35.5. The molecule has 1 fully saturated rings. The molecule has 0 atom stereocenters. The summed E-state index contributed by atoms with van der Waals surface area (Å²) < 4.78 is 11.2. The van der Waals surface area contributed by atoms with E-state index in [0.29, 0.717) is 44.3 Å². The van der Waals surface area contributed by atoms with Crippen molar-refractivity contribution in [3.63, 3.8) is 0 Å². The molecule has 0 saturated carbocycles. The van der Waals surface area contributed by atoms with E-state index in [1.165, 1.54) is 0 Å². The second-order valence-electron chi connectivity index (χ2n) is 6.33. The van der Waals surface area contributed by atoms with Gasteiger partial charge in [-0.15, -0.1) is 0 Å². The minimum Gasteiger partial charge on any atom is -0.490 e. The van der Waals surface area contributed by atoms with Crippen LogP contribution in [0.5, 0.6) is 11.5 Å². The van der Waals surface area contributed by atoms with Crippen LogP contribution in [0.15, 0.2) is 47.9 Å². The van der Waals surface area contributed by atoms with Crippen LogP contribution in [0.2, 0.25) is 15.1 Å². The van der Waals surface area contributed by atoms with Crippen molar-refractivity contribution in [3.05, 3.63) is 74.1 Å². The summed E-state index contributed by atoms with van der Waals surface area (Å²) in [5.41, 5.74) is 1.11. The molecule has 2 amide bonds. The SMILES string of the molecule is C=CCOc1c(Cl)cc(/C=C2/SC(=O)N(Cc3c(Cl)cccc3Cl)C2=O)cc1OCC. The van der Waals surface area contributed by atoms with Crippen molar-refractivity contribution >= 4 is 63.8 Å². The Balaban J connectivity index is 1.89. The third-order valence-corrected chi connectivity index (χ3v) is 6.12. The van der Waals surface area contributed by atoms with Gasteiger partial charge in [0.15, 0.2) is 11.5 Å². The quantitative estimate of drug-likeness (QED) is 0.294. The zero-order chi connectivity index (χ0) is 22.5. The Morgan fingerprint density at radius 2 is 1.81 bits per heavy atom. The van der Waals surface area contributed by atoms with E-state index in [1.807, 2.05) is 6.92 Å². The molecule has 1 aliphatic heterocycles. The molecule has 3 rings (SSSR count). The normalized spacial score (nSPS) is 15.0. The molecule has 0 aromatic heterocycles. The Hall–Kier alpha value is -2.12. The fourth-order valence-corrected chi connectivity index (χ4v) is 4.47. The summed E-state index contributed by atoms with van der Waals surface area (Å²) in [7, 11) is 0. The van der Waals surface area contributed by atoms with Gasteiger partial charge in [-0.25, -0.2) is 0 Å². The lowest BCUT2D eigenvalue weighted by molar-refractivity contribution is -0.123. The van der Waals surface area contributed by atoms with E-state index in [9.17, 15) is 9.59 Å². The number of carbonyl (C=O) groups excluding carboxylic acids is 2. The summed E-state index contributed by atoms with van der Waals surface area (Å²) in [5.74, 6) is 0.388. The molecule has 0 aliphatic carbocycles. The lowest BCUT2D eigenvalue weighted by Crippen LogP contribution is -2.27. The van der Waals surface area contributed by atoms with E-state index < -0.39 is 11.1 Å². The van der Waals surface area contributed by atoms with E-state index in [1.54, 1.807) is 42.5 Å². The summed E-state index contributed by atoms with van der Waals surface area (Å²) in [5, 5.41) is 0.688. The molecule has 2 aromatic carbocycles. The van der Waals surface area contributed by atoms with Crippen molar-refractivity contribution in [2.45, 2.75) is 13.5 Å². The maximum Gasteiger partial charge on any atom is 0.293 e. The van der Waals surface area contributed by atoms with Gasteiger partial charge in [0.25, 0.3) is 11.1 Å². The Bertz CT molecular complexity index is 1050. The maximum atomic E-state index is 12.9. The fraction of sp³-hybridized carbons (Fsp3) is 0.182. The highest BCUT2D eigenvalue weighted by Gasteiger charge is 2.35. The molecular weight excluding hydrogens is 481 g/mol. The number of halogens is 3. The smallest absolute Gasteiger partial charge is 0.293 e. The van der Waals surface area contributed by atoms with E-state index >= 15 is 0 Å². The molecule has 0 radical (unpaired) electrons. The Kier molecular flexibility index (Phi) is 7.94. The monoisotopic (exact) mass is 497 g/mol. The summed E-state index contributed by atoms with van der Waals surface area (Å²) in [6, 6.07) is 8.36. The summed E-state index contributed by atoms with van der Waals surface area (Å²) in [6.45, 7) is 6.11. The van der Waals surface area contributed by atoms with E-state index in [-0.39, 0.29) is 18.1 Å². The lowest BCUT2D eigenvalue weighted by atomic mass is 10.1. The van der Waals surface area contributed by atoms with Gasteiger partial charge in [0.2, 0.25) is 0 Å². The topological polar surface area (TPSA) is 55.8 Å². The number of amides is 2. The van der Waals surface area contributed by atoms with Gasteiger partial charge in [0, 0.05) is 15.6 Å². The van der Waals surface area contributed by atoms with Crippen LogP contribution in [0, 0.1) is 0 Å². The molecule has 2 aromatic rings. The Labute approximate surface area is 199 Å². The molecule has 0 bridgehead atoms. The molecule has 31 heavy (non-hydrogen) atoms. The number of benzene rings is 2. The van der Waals surface area contributed by atoms with Gasteiger partial charge < -0.3 is 9.47 Å². The molecule has 1 heterocycles. The van der Waals surface area contributed by atoms with Crippen LogP contribution in [-0.2, 0) is 11.3 Å². The number of nitrogens with zero attached hydrogens (tertiary/aromatic N) is 1. The van der Waals surface area contributed by atoms with Gasteiger partial charge in [0.1, 0.15) is 6.61 Å². The molecular formula is C22H18Cl3NO4S. The predicted molar refractivity (Wildman–Crippen MR) is 126 cm³/mol. The van der Waals surface area contributed by atoms with Crippen molar-refractivity contribution in [2.75, 3.05) is 13.2 Å². The van der Waals surface area contributed by atoms with Crippen LogP contribution in [0.3, 0.4) is 0 Å². The van der Waals surface area contributed by atoms with Gasteiger partial charge in [-0.3, -0.25) is 14.5 Å². The van der Waals surface area contributed by atoms with Gasteiger partial charge >= 0.3 is 0 Å². The van der Waals surface area contributed by atoms with Crippen LogP contribution >= 0.6 is 46.6 Å². The average Bonchev–Trinajstić information content (AvgIpc) is 2.97. The van der Waals surface area contributed by atoms with Crippen molar-refractivity contribution in [2.24, 2.45) is 0 Å². The van der Waals surface area contributed by atoms with Crippen molar-refractivity contribution < 1.29 is 19.1 Å². The van der Waals surface area contributed by atoms with Crippen LogP contribution < -0.4 is 9.47 Å². The molecule has 1 saturated heterocycles. The number of carbonyl (C=O) groups is 2. The highest BCUT2D eigenvalue weighted by Crippen LogP contribution is 2.40. The first-order valence-electron chi connectivity index (χ1n) is 9.24. The standard InChI is InChI=1S/C22H18Cl3NO4S/c1-3-8-30-20-17(25)9-13(10-18(20)29-4-2)11-19-21(27)26(22(28)31-19)12-14-15(23)6-5-7-16(14)24/h3,5-7,9-11H,1,4,8,12H2,2H3/b19-11+.